The first-order chi connectivity index (χ1) is 7.42. The van der Waals surface area contributed by atoms with Gasteiger partial charge in [-0.1, -0.05) is 12.7 Å². The van der Waals surface area contributed by atoms with E-state index in [0.717, 1.165) is 0 Å². The third-order valence-corrected chi connectivity index (χ3v) is 2.24. The second-order valence-corrected chi connectivity index (χ2v) is 4.97. The average Bonchev–Trinajstić information content (AvgIpc) is 2.59. The predicted octanol–water partition coefficient (Wildman–Crippen LogP) is 1.26. The van der Waals surface area contributed by atoms with Crippen LogP contribution in [-0.2, 0) is 14.3 Å². The Kier molecular flexibility index (Phi) is 4.50. The quantitative estimate of drug-likeness (QED) is 0.580. The summed E-state index contributed by atoms with van der Waals surface area (Å²) < 4.78 is 10.8. The lowest BCUT2D eigenvalue weighted by atomic mass is 10.1. The molecule has 0 aliphatic carbocycles. The van der Waals surface area contributed by atoms with Crippen molar-refractivity contribution in [1.82, 2.24) is 5.32 Å². The molecule has 0 aromatic heterocycles. The van der Waals surface area contributed by atoms with Gasteiger partial charge < -0.3 is 14.8 Å². The van der Waals surface area contributed by atoms with Crippen LogP contribution >= 0.6 is 0 Å². The van der Waals surface area contributed by atoms with E-state index in [1.54, 1.807) is 6.08 Å². The summed E-state index contributed by atoms with van der Waals surface area (Å²) in [7, 11) is 0. The number of rotatable bonds is 4. The minimum atomic E-state index is -0.243. The molecule has 1 heterocycles. The van der Waals surface area contributed by atoms with Crippen molar-refractivity contribution < 1.29 is 14.3 Å². The monoisotopic (exact) mass is 227 g/mol. The van der Waals surface area contributed by atoms with Crippen molar-refractivity contribution >= 4 is 5.97 Å². The normalized spacial score (nSPS) is 25.4. The molecule has 1 unspecified atom stereocenters. The van der Waals surface area contributed by atoms with Crippen LogP contribution in [0.1, 0.15) is 27.2 Å². The van der Waals surface area contributed by atoms with Gasteiger partial charge in [-0.3, -0.25) is 4.79 Å². The summed E-state index contributed by atoms with van der Waals surface area (Å²) >= 11 is 0. The predicted molar refractivity (Wildman–Crippen MR) is 62.2 cm³/mol. The fourth-order valence-corrected chi connectivity index (χ4v) is 1.71. The van der Waals surface area contributed by atoms with E-state index in [0.29, 0.717) is 13.0 Å². The molecule has 0 spiro atoms. The maximum atomic E-state index is 11.5. The molecule has 1 N–H and O–H groups in total. The molecule has 0 bridgehead atoms. The highest BCUT2D eigenvalue weighted by atomic mass is 16.5. The van der Waals surface area contributed by atoms with Gasteiger partial charge >= 0.3 is 5.97 Å². The van der Waals surface area contributed by atoms with Gasteiger partial charge in [0.2, 0.25) is 0 Å². The minimum Gasteiger partial charge on any atom is -0.460 e. The van der Waals surface area contributed by atoms with Gasteiger partial charge in [-0.25, -0.2) is 0 Å². The lowest BCUT2D eigenvalue weighted by molar-refractivity contribution is -0.145. The lowest BCUT2D eigenvalue weighted by Gasteiger charge is -2.24. The first-order valence-electron chi connectivity index (χ1n) is 5.61. The molecule has 0 amide bonds. The molecule has 0 aromatic rings. The van der Waals surface area contributed by atoms with E-state index in [1.807, 2.05) is 20.8 Å². The Morgan fingerprint density at radius 2 is 2.25 bits per heavy atom. The Morgan fingerprint density at radius 3 is 2.81 bits per heavy atom. The Bertz CT molecular complexity index is 257. The van der Waals surface area contributed by atoms with Crippen molar-refractivity contribution in [3.63, 3.8) is 0 Å². The molecule has 16 heavy (non-hydrogen) atoms. The highest BCUT2D eigenvalue weighted by Crippen LogP contribution is 2.18. The Hall–Kier alpha value is -0.870. The molecule has 1 rings (SSSR count). The molecule has 0 saturated carbocycles. The van der Waals surface area contributed by atoms with Gasteiger partial charge in [-0.2, -0.15) is 0 Å². The molecule has 1 aliphatic heterocycles. The number of hydrogen-bond donors (Lipinski definition) is 1. The van der Waals surface area contributed by atoms with E-state index in [-0.39, 0.29) is 30.3 Å². The number of ether oxygens (including phenoxy) is 2. The van der Waals surface area contributed by atoms with E-state index in [1.165, 1.54) is 0 Å². The molecule has 0 radical (unpaired) electrons. The van der Waals surface area contributed by atoms with Crippen LogP contribution in [0.25, 0.3) is 0 Å². The second-order valence-electron chi connectivity index (χ2n) is 4.97. The van der Waals surface area contributed by atoms with Gasteiger partial charge in [0.1, 0.15) is 12.6 Å². The molecule has 0 aromatic carbocycles. The Labute approximate surface area is 97.0 Å². The summed E-state index contributed by atoms with van der Waals surface area (Å²) in [5.41, 5.74) is -0.174. The fraction of sp³-hybridized carbons (Fsp3) is 0.750. The summed E-state index contributed by atoms with van der Waals surface area (Å²) in [6.45, 7) is 10.5. The van der Waals surface area contributed by atoms with Crippen molar-refractivity contribution in [1.29, 1.82) is 0 Å². The first kappa shape index (κ1) is 13.2. The van der Waals surface area contributed by atoms with Crippen molar-refractivity contribution in [2.75, 3.05) is 13.2 Å². The molecule has 2 atom stereocenters. The molecule has 1 saturated heterocycles. The molecule has 1 aliphatic rings. The fourth-order valence-electron chi connectivity index (χ4n) is 1.71. The van der Waals surface area contributed by atoms with Gasteiger partial charge in [-0.05, 0) is 20.8 Å². The van der Waals surface area contributed by atoms with Gasteiger partial charge in [-0.15, -0.1) is 0 Å². The smallest absolute Gasteiger partial charge is 0.323 e. The van der Waals surface area contributed by atoms with E-state index < -0.39 is 0 Å². The summed E-state index contributed by atoms with van der Waals surface area (Å²) in [5.74, 6) is -0.222. The van der Waals surface area contributed by atoms with E-state index >= 15 is 0 Å². The van der Waals surface area contributed by atoms with Crippen molar-refractivity contribution in [2.24, 2.45) is 0 Å². The number of nitrogens with one attached hydrogen (secondary N) is 1. The van der Waals surface area contributed by atoms with Crippen LogP contribution < -0.4 is 5.32 Å². The Morgan fingerprint density at radius 1 is 1.56 bits per heavy atom. The van der Waals surface area contributed by atoms with Gasteiger partial charge in [0.15, 0.2) is 0 Å². The maximum Gasteiger partial charge on any atom is 0.323 e. The zero-order chi connectivity index (χ0) is 12.2. The largest absolute Gasteiger partial charge is 0.460 e. The van der Waals surface area contributed by atoms with Gasteiger partial charge in [0, 0.05) is 13.0 Å². The van der Waals surface area contributed by atoms with E-state index in [9.17, 15) is 4.79 Å². The topological polar surface area (TPSA) is 47.6 Å². The summed E-state index contributed by atoms with van der Waals surface area (Å²) in [6.07, 6.45) is 2.32. The van der Waals surface area contributed by atoms with Gasteiger partial charge in [0.05, 0.1) is 11.7 Å². The summed E-state index contributed by atoms with van der Waals surface area (Å²) in [6, 6.07) is -0.243. The van der Waals surface area contributed by atoms with Gasteiger partial charge in [0.25, 0.3) is 0 Å². The van der Waals surface area contributed by atoms with Crippen molar-refractivity contribution in [3.8, 4) is 0 Å². The second kappa shape index (κ2) is 5.46. The number of carbonyl (C=O) groups is 1. The van der Waals surface area contributed by atoms with Crippen LogP contribution in [0.3, 0.4) is 0 Å². The molecular formula is C12H21NO3. The highest BCUT2D eigenvalue weighted by molar-refractivity contribution is 5.76. The number of carbonyl (C=O) groups excluding carboxylic acids is 1. The van der Waals surface area contributed by atoms with E-state index in [2.05, 4.69) is 11.9 Å². The molecule has 1 fully saturated rings. The van der Waals surface area contributed by atoms with Crippen LogP contribution in [0.4, 0.5) is 0 Å². The summed E-state index contributed by atoms with van der Waals surface area (Å²) in [4.78, 5) is 11.5. The molecular weight excluding hydrogens is 206 g/mol. The van der Waals surface area contributed by atoms with Crippen LogP contribution in [0.5, 0.6) is 0 Å². The van der Waals surface area contributed by atoms with E-state index in [4.69, 9.17) is 9.47 Å². The van der Waals surface area contributed by atoms with Crippen LogP contribution in [0.2, 0.25) is 0 Å². The third-order valence-electron chi connectivity index (χ3n) is 2.24. The number of hydrogen-bond acceptors (Lipinski definition) is 4. The average molecular weight is 227 g/mol. The zero-order valence-corrected chi connectivity index (χ0v) is 10.3. The molecule has 92 valence electrons. The number of esters is 1. The minimum absolute atomic E-state index is 0.0845. The highest BCUT2D eigenvalue weighted by Gasteiger charge is 2.33. The lowest BCUT2D eigenvalue weighted by Crippen LogP contribution is -2.32. The van der Waals surface area contributed by atoms with Crippen molar-refractivity contribution in [3.05, 3.63) is 12.7 Å². The van der Waals surface area contributed by atoms with Crippen LogP contribution in [-0.4, -0.2) is 36.9 Å². The first-order valence-corrected chi connectivity index (χ1v) is 5.61. The van der Waals surface area contributed by atoms with Crippen molar-refractivity contribution in [2.45, 2.75) is 44.9 Å². The Balaban J connectivity index is 2.34. The SMILES string of the molecule is C=CCOC(=O)[C@@H]1CC(OC(C)(C)C)CN1. The van der Waals surface area contributed by atoms with Crippen LogP contribution in [0.15, 0.2) is 12.7 Å². The third kappa shape index (κ3) is 4.33. The van der Waals surface area contributed by atoms with Crippen LogP contribution in [0, 0.1) is 0 Å². The standard InChI is InChI=1S/C12H21NO3/c1-5-6-15-11(14)10-7-9(8-13-10)16-12(2,3)4/h5,9-10,13H,1,6-8H2,2-4H3/t9?,10-/m0/s1. The molecule has 4 heteroatoms. The summed E-state index contributed by atoms with van der Waals surface area (Å²) in [5, 5.41) is 3.10. The maximum absolute atomic E-state index is 11.5. The molecule has 4 nitrogen and oxygen atoms in total. The zero-order valence-electron chi connectivity index (χ0n) is 10.3.